The fraction of sp³-hybridized carbons (Fsp3) is 0.381. The van der Waals surface area contributed by atoms with Crippen LogP contribution in [0, 0.1) is 6.92 Å². The SMILES string of the molecule is Cc1cccc(S(=O)(=O)N2CCc3nc(-c4cnn(C)c4)nc(NC4CC4)c3C2)c1. The maximum atomic E-state index is 13.2. The third-order valence-electron chi connectivity index (χ3n) is 5.53. The Morgan fingerprint density at radius 1 is 1.20 bits per heavy atom. The molecule has 2 aliphatic rings. The molecule has 1 aliphatic heterocycles. The van der Waals surface area contributed by atoms with Gasteiger partial charge in [0, 0.05) is 44.4 Å². The molecule has 2 aromatic heterocycles. The summed E-state index contributed by atoms with van der Waals surface area (Å²) >= 11 is 0. The van der Waals surface area contributed by atoms with E-state index in [1.807, 2.05) is 26.2 Å². The number of sulfonamides is 1. The first-order valence-electron chi connectivity index (χ1n) is 10.1. The molecule has 1 aliphatic carbocycles. The molecule has 3 aromatic rings. The van der Waals surface area contributed by atoms with Crippen molar-refractivity contribution in [2.45, 2.75) is 43.7 Å². The van der Waals surface area contributed by atoms with Crippen LogP contribution in [0.3, 0.4) is 0 Å². The lowest BCUT2D eigenvalue weighted by Gasteiger charge is -2.29. The van der Waals surface area contributed by atoms with Crippen LogP contribution in [0.4, 0.5) is 5.82 Å². The molecule has 1 saturated carbocycles. The Balaban J connectivity index is 1.52. The molecule has 0 saturated heterocycles. The largest absolute Gasteiger partial charge is 0.367 e. The van der Waals surface area contributed by atoms with Crippen molar-refractivity contribution in [2.24, 2.45) is 7.05 Å². The van der Waals surface area contributed by atoms with Gasteiger partial charge in [-0.25, -0.2) is 18.4 Å². The van der Waals surface area contributed by atoms with E-state index in [0.29, 0.717) is 29.7 Å². The topological polar surface area (TPSA) is 93.0 Å². The van der Waals surface area contributed by atoms with E-state index in [1.54, 1.807) is 29.1 Å². The number of hydrogen-bond acceptors (Lipinski definition) is 6. The van der Waals surface area contributed by atoms with E-state index in [2.05, 4.69) is 10.4 Å². The van der Waals surface area contributed by atoms with Crippen molar-refractivity contribution < 1.29 is 8.42 Å². The smallest absolute Gasteiger partial charge is 0.243 e. The van der Waals surface area contributed by atoms with Crippen molar-refractivity contribution in [3.05, 3.63) is 53.5 Å². The van der Waals surface area contributed by atoms with Crippen molar-refractivity contribution in [2.75, 3.05) is 11.9 Å². The molecule has 5 rings (SSSR count). The van der Waals surface area contributed by atoms with Crippen LogP contribution in [0.25, 0.3) is 11.4 Å². The number of nitrogens with one attached hydrogen (secondary N) is 1. The fourth-order valence-corrected chi connectivity index (χ4v) is 5.24. The number of anilines is 1. The summed E-state index contributed by atoms with van der Waals surface area (Å²) in [5, 5.41) is 7.70. The summed E-state index contributed by atoms with van der Waals surface area (Å²) < 4.78 is 29.7. The van der Waals surface area contributed by atoms with Crippen LogP contribution in [0.15, 0.2) is 41.6 Å². The summed E-state index contributed by atoms with van der Waals surface area (Å²) in [5.74, 6) is 1.37. The van der Waals surface area contributed by atoms with Gasteiger partial charge in [0.1, 0.15) is 5.82 Å². The maximum Gasteiger partial charge on any atom is 0.243 e. The third kappa shape index (κ3) is 3.59. The van der Waals surface area contributed by atoms with Gasteiger partial charge in [0.15, 0.2) is 5.82 Å². The Kier molecular flexibility index (Phi) is 4.59. The number of aryl methyl sites for hydroxylation is 2. The zero-order valence-electron chi connectivity index (χ0n) is 17.0. The lowest BCUT2D eigenvalue weighted by molar-refractivity contribution is 0.387. The van der Waals surface area contributed by atoms with Gasteiger partial charge in [0.2, 0.25) is 10.0 Å². The van der Waals surface area contributed by atoms with Crippen molar-refractivity contribution >= 4 is 15.8 Å². The Labute approximate surface area is 176 Å². The predicted molar refractivity (Wildman–Crippen MR) is 113 cm³/mol. The molecule has 3 heterocycles. The number of hydrogen-bond donors (Lipinski definition) is 1. The van der Waals surface area contributed by atoms with E-state index in [1.165, 1.54) is 4.31 Å². The minimum atomic E-state index is -3.58. The lowest BCUT2D eigenvalue weighted by Crippen LogP contribution is -2.37. The Hall–Kier alpha value is -2.78. The number of benzene rings is 1. The Bertz CT molecular complexity index is 1220. The third-order valence-corrected chi connectivity index (χ3v) is 7.37. The summed E-state index contributed by atoms with van der Waals surface area (Å²) in [6, 6.07) is 7.45. The quantitative estimate of drug-likeness (QED) is 0.677. The zero-order chi connectivity index (χ0) is 20.9. The van der Waals surface area contributed by atoms with Crippen LogP contribution in [-0.2, 0) is 30.0 Å². The summed E-state index contributed by atoms with van der Waals surface area (Å²) in [4.78, 5) is 9.85. The molecule has 30 heavy (non-hydrogen) atoms. The summed E-state index contributed by atoms with van der Waals surface area (Å²) in [6.07, 6.45) is 6.40. The van der Waals surface area contributed by atoms with Gasteiger partial charge < -0.3 is 5.32 Å². The molecule has 0 radical (unpaired) electrons. The van der Waals surface area contributed by atoms with Crippen molar-refractivity contribution in [1.29, 1.82) is 0 Å². The second-order valence-electron chi connectivity index (χ2n) is 8.05. The van der Waals surface area contributed by atoms with E-state index in [4.69, 9.17) is 9.97 Å². The summed E-state index contributed by atoms with van der Waals surface area (Å²) in [5.41, 5.74) is 3.56. The van der Waals surface area contributed by atoms with Gasteiger partial charge in [0.25, 0.3) is 0 Å². The van der Waals surface area contributed by atoms with Gasteiger partial charge in [-0.15, -0.1) is 0 Å². The number of rotatable bonds is 5. The number of fused-ring (bicyclic) bond motifs is 1. The second kappa shape index (κ2) is 7.17. The molecule has 1 aromatic carbocycles. The monoisotopic (exact) mass is 424 g/mol. The zero-order valence-corrected chi connectivity index (χ0v) is 17.9. The van der Waals surface area contributed by atoms with Crippen molar-refractivity contribution in [3.63, 3.8) is 0 Å². The highest BCUT2D eigenvalue weighted by Gasteiger charge is 2.33. The van der Waals surface area contributed by atoms with Crippen LogP contribution in [-0.4, -0.2) is 45.1 Å². The first-order valence-corrected chi connectivity index (χ1v) is 11.6. The van der Waals surface area contributed by atoms with Gasteiger partial charge in [0.05, 0.1) is 22.3 Å². The summed E-state index contributed by atoms with van der Waals surface area (Å²) in [6.45, 7) is 2.57. The molecule has 1 N–H and O–H groups in total. The predicted octanol–water partition coefficient (Wildman–Crippen LogP) is 2.51. The Morgan fingerprint density at radius 3 is 2.73 bits per heavy atom. The van der Waals surface area contributed by atoms with Crippen LogP contribution < -0.4 is 5.32 Å². The molecule has 0 amide bonds. The van der Waals surface area contributed by atoms with Gasteiger partial charge in [-0.3, -0.25) is 4.68 Å². The average molecular weight is 425 g/mol. The maximum absolute atomic E-state index is 13.2. The van der Waals surface area contributed by atoms with E-state index >= 15 is 0 Å². The minimum Gasteiger partial charge on any atom is -0.367 e. The molecule has 0 bridgehead atoms. The minimum absolute atomic E-state index is 0.272. The van der Waals surface area contributed by atoms with Crippen molar-refractivity contribution in [3.8, 4) is 11.4 Å². The Morgan fingerprint density at radius 2 is 2.03 bits per heavy atom. The highest BCUT2D eigenvalue weighted by atomic mass is 32.2. The van der Waals surface area contributed by atoms with E-state index in [0.717, 1.165) is 41.0 Å². The molecular weight excluding hydrogens is 400 g/mol. The van der Waals surface area contributed by atoms with Gasteiger partial charge >= 0.3 is 0 Å². The molecule has 8 nitrogen and oxygen atoms in total. The van der Waals surface area contributed by atoms with Gasteiger partial charge in [-0.2, -0.15) is 9.40 Å². The molecule has 0 atom stereocenters. The lowest BCUT2D eigenvalue weighted by atomic mass is 10.1. The second-order valence-corrected chi connectivity index (χ2v) is 9.99. The summed E-state index contributed by atoms with van der Waals surface area (Å²) in [7, 11) is -1.72. The highest BCUT2D eigenvalue weighted by molar-refractivity contribution is 7.89. The molecular formula is C21H24N6O2S. The molecule has 9 heteroatoms. The fourth-order valence-electron chi connectivity index (χ4n) is 3.73. The average Bonchev–Trinajstić information content (AvgIpc) is 3.44. The molecule has 156 valence electrons. The van der Waals surface area contributed by atoms with Crippen LogP contribution in [0.2, 0.25) is 0 Å². The number of aromatic nitrogens is 4. The van der Waals surface area contributed by atoms with Gasteiger partial charge in [-0.05, 0) is 37.5 Å². The van der Waals surface area contributed by atoms with Crippen LogP contribution >= 0.6 is 0 Å². The molecule has 0 unspecified atom stereocenters. The van der Waals surface area contributed by atoms with Crippen LogP contribution in [0.1, 0.15) is 29.7 Å². The van der Waals surface area contributed by atoms with Gasteiger partial charge in [-0.1, -0.05) is 12.1 Å². The number of nitrogens with zero attached hydrogens (tertiary/aromatic N) is 5. The van der Waals surface area contributed by atoms with E-state index in [9.17, 15) is 8.42 Å². The highest BCUT2D eigenvalue weighted by Crippen LogP contribution is 2.33. The standard InChI is InChI=1S/C21H24N6O2S/c1-14-4-3-5-17(10-14)30(28,29)27-9-8-19-18(13-27)21(23-16-6-7-16)25-20(24-19)15-11-22-26(2)12-15/h3-5,10-12,16H,6-9,13H2,1-2H3,(H,23,24,25). The van der Waals surface area contributed by atoms with E-state index < -0.39 is 10.0 Å². The molecule has 1 fully saturated rings. The van der Waals surface area contributed by atoms with Crippen LogP contribution in [0.5, 0.6) is 0 Å². The van der Waals surface area contributed by atoms with E-state index in [-0.39, 0.29) is 6.54 Å². The van der Waals surface area contributed by atoms with Crippen molar-refractivity contribution in [1.82, 2.24) is 24.1 Å². The normalized spacial score (nSPS) is 17.0. The first-order chi connectivity index (χ1) is 14.4. The first kappa shape index (κ1) is 19.2. The molecule has 0 spiro atoms.